The maximum Gasteiger partial charge on any atom is 0.225 e. The highest BCUT2D eigenvalue weighted by Gasteiger charge is 2.43. The maximum absolute atomic E-state index is 10.5. The van der Waals surface area contributed by atoms with E-state index in [0.717, 1.165) is 6.42 Å². The number of aromatic nitrogens is 4. The molecule has 0 aliphatic heterocycles. The van der Waals surface area contributed by atoms with Crippen LogP contribution in [-0.2, 0) is 5.72 Å². The average Bonchev–Trinajstić information content (AvgIpc) is 2.85. The van der Waals surface area contributed by atoms with Gasteiger partial charge in [-0.15, -0.1) is 0 Å². The van der Waals surface area contributed by atoms with Crippen molar-refractivity contribution < 1.29 is 10.2 Å². The van der Waals surface area contributed by atoms with Crippen LogP contribution in [0.2, 0.25) is 10.4 Å². The zero-order valence-corrected chi connectivity index (χ0v) is 10.7. The molecule has 3 rings (SSSR count). The zero-order chi connectivity index (χ0) is 12.9. The van der Waals surface area contributed by atoms with Gasteiger partial charge in [-0.25, -0.2) is 9.97 Å². The summed E-state index contributed by atoms with van der Waals surface area (Å²) in [4.78, 5) is 11.9. The summed E-state index contributed by atoms with van der Waals surface area (Å²) in [5, 5.41) is 20.5. The minimum atomic E-state index is -1.41. The van der Waals surface area contributed by atoms with Gasteiger partial charge in [-0.3, -0.25) is 4.57 Å². The number of halogens is 2. The molecule has 2 atom stereocenters. The molecule has 1 aliphatic carbocycles. The van der Waals surface area contributed by atoms with Crippen molar-refractivity contribution in [3.05, 3.63) is 16.8 Å². The van der Waals surface area contributed by atoms with Crippen molar-refractivity contribution in [2.24, 2.45) is 0 Å². The molecule has 2 unspecified atom stereocenters. The summed E-state index contributed by atoms with van der Waals surface area (Å²) < 4.78 is 1.42. The van der Waals surface area contributed by atoms with Crippen LogP contribution in [0.4, 0.5) is 0 Å². The Balaban J connectivity index is 2.24. The lowest BCUT2D eigenvalue weighted by molar-refractivity contribution is -0.112. The Labute approximate surface area is 112 Å². The monoisotopic (exact) mass is 288 g/mol. The second-order valence-electron chi connectivity index (χ2n) is 4.36. The summed E-state index contributed by atoms with van der Waals surface area (Å²) in [5.41, 5.74) is -0.729. The van der Waals surface area contributed by atoms with E-state index >= 15 is 0 Å². The largest absolute Gasteiger partial charge is 0.388 e. The van der Waals surface area contributed by atoms with E-state index in [9.17, 15) is 10.2 Å². The van der Waals surface area contributed by atoms with E-state index in [1.165, 1.54) is 10.9 Å². The lowest BCUT2D eigenvalue weighted by Gasteiger charge is -2.28. The molecule has 1 fully saturated rings. The third kappa shape index (κ3) is 1.60. The van der Waals surface area contributed by atoms with E-state index in [0.29, 0.717) is 24.0 Å². The average molecular weight is 289 g/mol. The molecule has 96 valence electrons. The molecule has 0 amide bonds. The molecule has 1 saturated carbocycles. The molecule has 2 N–H and O–H groups in total. The van der Waals surface area contributed by atoms with Gasteiger partial charge in [0.2, 0.25) is 5.28 Å². The molecule has 8 heteroatoms. The van der Waals surface area contributed by atoms with E-state index in [2.05, 4.69) is 15.0 Å². The second kappa shape index (κ2) is 4.03. The van der Waals surface area contributed by atoms with Gasteiger partial charge >= 0.3 is 0 Å². The van der Waals surface area contributed by atoms with Gasteiger partial charge in [-0.05, 0) is 30.9 Å². The molecule has 18 heavy (non-hydrogen) atoms. The Morgan fingerprint density at radius 2 is 2.17 bits per heavy atom. The standard InChI is InChI=1S/C10H10Cl2N4O2/c11-7-6-8(15-9(12)14-7)16(4-13-6)10(18)3-1-2-5(10)17/h4-5,17-18H,1-3H2. The Bertz CT molecular complexity index is 617. The van der Waals surface area contributed by atoms with Crippen molar-refractivity contribution in [3.8, 4) is 0 Å². The number of imidazole rings is 1. The number of hydrogen-bond donors (Lipinski definition) is 2. The van der Waals surface area contributed by atoms with Crippen LogP contribution in [0.3, 0.4) is 0 Å². The highest BCUT2D eigenvalue weighted by Crippen LogP contribution is 2.36. The van der Waals surface area contributed by atoms with Gasteiger partial charge in [-0.1, -0.05) is 11.6 Å². The van der Waals surface area contributed by atoms with Crippen molar-refractivity contribution in [2.45, 2.75) is 31.1 Å². The van der Waals surface area contributed by atoms with Crippen molar-refractivity contribution in [1.82, 2.24) is 19.5 Å². The Kier molecular flexibility index (Phi) is 2.71. The number of fused-ring (bicyclic) bond motifs is 1. The summed E-state index contributed by atoms with van der Waals surface area (Å²) in [6, 6.07) is 0. The van der Waals surface area contributed by atoms with Crippen molar-refractivity contribution in [3.63, 3.8) is 0 Å². The summed E-state index contributed by atoms with van der Waals surface area (Å²) >= 11 is 11.7. The molecule has 6 nitrogen and oxygen atoms in total. The first kappa shape index (κ1) is 12.1. The zero-order valence-electron chi connectivity index (χ0n) is 9.22. The number of rotatable bonds is 1. The third-order valence-corrected chi connectivity index (χ3v) is 3.73. The summed E-state index contributed by atoms with van der Waals surface area (Å²) in [6.45, 7) is 0. The van der Waals surface area contributed by atoms with Gasteiger partial charge in [0.25, 0.3) is 0 Å². The third-order valence-electron chi connectivity index (χ3n) is 3.30. The summed E-state index contributed by atoms with van der Waals surface area (Å²) in [6.07, 6.45) is 2.23. The van der Waals surface area contributed by atoms with Gasteiger partial charge in [-0.2, -0.15) is 4.98 Å². The van der Waals surface area contributed by atoms with E-state index in [-0.39, 0.29) is 10.4 Å². The normalized spacial score (nSPS) is 28.1. The fraction of sp³-hybridized carbons (Fsp3) is 0.500. The van der Waals surface area contributed by atoms with E-state index in [1.54, 1.807) is 0 Å². The maximum atomic E-state index is 10.5. The number of hydrogen-bond acceptors (Lipinski definition) is 5. The van der Waals surface area contributed by atoms with E-state index in [1.807, 2.05) is 0 Å². The van der Waals surface area contributed by atoms with E-state index in [4.69, 9.17) is 23.2 Å². The molecule has 0 radical (unpaired) electrons. The van der Waals surface area contributed by atoms with Crippen LogP contribution in [0.1, 0.15) is 19.3 Å². The topological polar surface area (TPSA) is 84.1 Å². The van der Waals surface area contributed by atoms with Crippen LogP contribution in [0, 0.1) is 0 Å². The second-order valence-corrected chi connectivity index (χ2v) is 5.05. The fourth-order valence-electron chi connectivity index (χ4n) is 2.36. The van der Waals surface area contributed by atoms with Gasteiger partial charge in [0.05, 0.1) is 6.33 Å². The highest BCUT2D eigenvalue weighted by molar-refractivity contribution is 6.35. The summed E-state index contributed by atoms with van der Waals surface area (Å²) in [5.74, 6) is 0. The van der Waals surface area contributed by atoms with Gasteiger partial charge in [0, 0.05) is 0 Å². The van der Waals surface area contributed by atoms with Crippen molar-refractivity contribution in [2.75, 3.05) is 0 Å². The van der Waals surface area contributed by atoms with Crippen LogP contribution in [-0.4, -0.2) is 35.8 Å². The molecule has 2 heterocycles. The fourth-order valence-corrected chi connectivity index (χ4v) is 2.78. The van der Waals surface area contributed by atoms with Gasteiger partial charge in [0.15, 0.2) is 16.5 Å². The van der Waals surface area contributed by atoms with Crippen LogP contribution in [0.25, 0.3) is 11.2 Å². The number of aliphatic hydroxyl groups excluding tert-OH is 1. The lowest BCUT2D eigenvalue weighted by atomic mass is 10.1. The molecular weight excluding hydrogens is 279 g/mol. The predicted octanol–water partition coefficient (Wildman–Crippen LogP) is 1.32. The van der Waals surface area contributed by atoms with Crippen LogP contribution < -0.4 is 0 Å². The molecule has 0 aromatic carbocycles. The first-order valence-electron chi connectivity index (χ1n) is 5.49. The molecule has 2 aromatic heterocycles. The molecule has 0 saturated heterocycles. The number of aliphatic hydroxyl groups is 2. The SMILES string of the molecule is OC1CCCC1(O)n1cnc2c(Cl)nc(Cl)nc21. The van der Waals surface area contributed by atoms with Gasteiger partial charge < -0.3 is 10.2 Å². The van der Waals surface area contributed by atoms with Gasteiger partial charge in [0.1, 0.15) is 11.6 Å². The molecule has 0 bridgehead atoms. The Morgan fingerprint density at radius 3 is 2.83 bits per heavy atom. The number of nitrogens with zero attached hydrogens (tertiary/aromatic N) is 4. The molecule has 2 aromatic rings. The Hall–Kier alpha value is -0.950. The van der Waals surface area contributed by atoms with Crippen LogP contribution >= 0.6 is 23.2 Å². The first-order chi connectivity index (χ1) is 8.52. The molecule has 1 aliphatic rings. The summed E-state index contributed by atoms with van der Waals surface area (Å²) in [7, 11) is 0. The van der Waals surface area contributed by atoms with Crippen molar-refractivity contribution in [1.29, 1.82) is 0 Å². The first-order valence-corrected chi connectivity index (χ1v) is 6.25. The predicted molar refractivity (Wildman–Crippen MR) is 65.4 cm³/mol. The minimum absolute atomic E-state index is 0.0228. The van der Waals surface area contributed by atoms with Crippen LogP contribution in [0.15, 0.2) is 6.33 Å². The molecular formula is C10H10Cl2N4O2. The quantitative estimate of drug-likeness (QED) is 0.611. The highest BCUT2D eigenvalue weighted by atomic mass is 35.5. The smallest absolute Gasteiger partial charge is 0.225 e. The minimum Gasteiger partial charge on any atom is -0.388 e. The Morgan fingerprint density at radius 1 is 1.39 bits per heavy atom. The van der Waals surface area contributed by atoms with Crippen molar-refractivity contribution >= 4 is 34.4 Å². The van der Waals surface area contributed by atoms with E-state index < -0.39 is 11.8 Å². The lowest BCUT2D eigenvalue weighted by Crippen LogP contribution is -2.40. The van der Waals surface area contributed by atoms with Crippen LogP contribution in [0.5, 0.6) is 0 Å². The molecule has 0 spiro atoms.